The molecule has 4 fully saturated rings. The Hall–Kier alpha value is -3.32. The van der Waals surface area contributed by atoms with Crippen molar-refractivity contribution in [2.24, 2.45) is 0 Å². The largest absolute Gasteiger partial charge is 0.337 e. The van der Waals surface area contributed by atoms with Gasteiger partial charge in [0.1, 0.15) is 0 Å². The molecule has 56 heavy (non-hydrogen) atoms. The van der Waals surface area contributed by atoms with Gasteiger partial charge in [-0.3, -0.25) is 38.8 Å². The lowest BCUT2D eigenvalue weighted by atomic mass is 10.1. The summed E-state index contributed by atoms with van der Waals surface area (Å²) in [6, 6.07) is 3.58. The predicted octanol–water partition coefficient (Wildman–Crippen LogP) is 4.45. The van der Waals surface area contributed by atoms with Gasteiger partial charge in [0.2, 0.25) is 23.6 Å². The molecule has 4 aliphatic rings. The standard InChI is InChI=1S/C12H22N2O.2C11H20N2O.C10H18N2O/c1-6-12(15)14-10(4)7-13(9(2)3)8-11(14)5;1-5-11(14)12-6-7-13(9(2)3)10(4)8-12;1-5-11(14)13-7-6-12(9(2)3)8-10(13)4;1-4-10(13)12-7-5-11(6-8-12)9(2)3/h6,9-11H,1,7-8H2,2-5H3;2*5,9-10H,1,6-8H2,2-4H3;4,9H,1,5-8H2,2-3H3/t10-,11+;2*10-;/m.01./s1. The normalized spacial score (nSPS) is 24.0. The lowest BCUT2D eigenvalue weighted by Gasteiger charge is -2.45. The van der Waals surface area contributed by atoms with Crippen LogP contribution in [0.15, 0.2) is 50.6 Å². The second kappa shape index (κ2) is 25.1. The maximum absolute atomic E-state index is 11.7. The van der Waals surface area contributed by atoms with E-state index in [-0.39, 0.29) is 35.7 Å². The van der Waals surface area contributed by atoms with Crippen molar-refractivity contribution in [3.05, 3.63) is 50.6 Å². The van der Waals surface area contributed by atoms with Crippen molar-refractivity contribution in [3.63, 3.8) is 0 Å². The van der Waals surface area contributed by atoms with Crippen LogP contribution in [0.2, 0.25) is 0 Å². The number of nitrogens with zero attached hydrogens (tertiary/aromatic N) is 8. The van der Waals surface area contributed by atoms with Crippen molar-refractivity contribution in [2.45, 2.75) is 131 Å². The molecule has 0 aromatic rings. The summed E-state index contributed by atoms with van der Waals surface area (Å²) in [7, 11) is 0. The van der Waals surface area contributed by atoms with Gasteiger partial charge in [0, 0.05) is 127 Å². The predicted molar refractivity (Wildman–Crippen MR) is 232 cm³/mol. The Morgan fingerprint density at radius 1 is 0.429 bits per heavy atom. The van der Waals surface area contributed by atoms with Crippen molar-refractivity contribution in [3.8, 4) is 0 Å². The molecule has 0 N–H and O–H groups in total. The molecule has 4 aliphatic heterocycles. The van der Waals surface area contributed by atoms with Crippen LogP contribution < -0.4 is 0 Å². The Kier molecular flexibility index (Phi) is 22.7. The van der Waals surface area contributed by atoms with Crippen molar-refractivity contribution in [1.29, 1.82) is 0 Å². The molecule has 0 aliphatic carbocycles. The van der Waals surface area contributed by atoms with Gasteiger partial charge in [-0.05, 0) is 107 Å². The zero-order valence-electron chi connectivity index (χ0n) is 37.5. The minimum Gasteiger partial charge on any atom is -0.337 e. The first-order chi connectivity index (χ1) is 26.2. The topological polar surface area (TPSA) is 94.2 Å². The van der Waals surface area contributed by atoms with E-state index in [1.54, 1.807) is 0 Å². The third-order valence-corrected chi connectivity index (χ3v) is 11.3. The first kappa shape index (κ1) is 50.7. The number of rotatable bonds is 8. The third kappa shape index (κ3) is 15.9. The molecule has 4 amide bonds. The molecule has 4 atom stereocenters. The molecule has 0 spiro atoms. The Labute approximate surface area is 341 Å². The lowest BCUT2D eigenvalue weighted by molar-refractivity contribution is -0.134. The second-order valence-electron chi connectivity index (χ2n) is 16.7. The molecule has 0 unspecified atom stereocenters. The SMILES string of the molecule is C=CC(=O)N1CCN(C(C)C)CC1.C=CC(=O)N1CCN(C(C)C)C[C@H]1C.C=CC(=O)N1CCN(C(C)C)[C@@H](C)C1.C=CC(=O)N1[C@H](C)CN(C(C)C)C[C@@H]1C. The smallest absolute Gasteiger partial charge is 0.246 e. The lowest BCUT2D eigenvalue weighted by Crippen LogP contribution is -2.59. The van der Waals surface area contributed by atoms with Crippen LogP contribution >= 0.6 is 0 Å². The van der Waals surface area contributed by atoms with Crippen molar-refractivity contribution >= 4 is 23.6 Å². The van der Waals surface area contributed by atoms with E-state index < -0.39 is 0 Å². The zero-order chi connectivity index (χ0) is 42.9. The molecule has 4 saturated heterocycles. The van der Waals surface area contributed by atoms with Crippen molar-refractivity contribution in [1.82, 2.24) is 39.2 Å². The number of carbonyl (C=O) groups excluding carboxylic acids is 4. The highest BCUT2D eigenvalue weighted by Crippen LogP contribution is 2.18. The summed E-state index contributed by atoms with van der Waals surface area (Å²) < 4.78 is 0. The molecular formula is C44H80N8O4. The number of hydrogen-bond donors (Lipinski definition) is 0. The minimum absolute atomic E-state index is 0.0541. The Morgan fingerprint density at radius 2 is 0.839 bits per heavy atom. The van der Waals surface area contributed by atoms with E-state index in [9.17, 15) is 19.2 Å². The molecule has 4 rings (SSSR count). The first-order valence-corrected chi connectivity index (χ1v) is 20.9. The fourth-order valence-corrected chi connectivity index (χ4v) is 7.88. The number of carbonyl (C=O) groups is 4. The van der Waals surface area contributed by atoms with Gasteiger partial charge < -0.3 is 19.6 Å². The number of piperazine rings is 4. The van der Waals surface area contributed by atoms with Crippen molar-refractivity contribution in [2.75, 3.05) is 78.5 Å². The Morgan fingerprint density at radius 3 is 1.23 bits per heavy atom. The van der Waals surface area contributed by atoms with E-state index in [1.165, 1.54) is 24.3 Å². The van der Waals surface area contributed by atoms with E-state index in [4.69, 9.17) is 0 Å². The van der Waals surface area contributed by atoms with Gasteiger partial charge in [-0.2, -0.15) is 0 Å². The first-order valence-electron chi connectivity index (χ1n) is 20.9. The summed E-state index contributed by atoms with van der Waals surface area (Å²) >= 11 is 0. The minimum atomic E-state index is 0.0541. The molecule has 12 heteroatoms. The Balaban J connectivity index is 0.000000374. The summed E-state index contributed by atoms with van der Waals surface area (Å²) in [6.07, 6.45) is 5.61. The van der Waals surface area contributed by atoms with Crippen LogP contribution in [0.3, 0.4) is 0 Å². The highest BCUT2D eigenvalue weighted by Gasteiger charge is 2.32. The van der Waals surface area contributed by atoms with Crippen LogP contribution in [-0.4, -0.2) is 190 Å². The van der Waals surface area contributed by atoms with Gasteiger partial charge in [0.05, 0.1) is 0 Å². The summed E-state index contributed by atoms with van der Waals surface area (Å²) in [4.78, 5) is 62.9. The average molecular weight is 785 g/mol. The van der Waals surface area contributed by atoms with Gasteiger partial charge in [-0.25, -0.2) is 0 Å². The fourth-order valence-electron chi connectivity index (χ4n) is 7.88. The van der Waals surface area contributed by atoms with E-state index >= 15 is 0 Å². The fraction of sp³-hybridized carbons (Fsp3) is 0.727. The van der Waals surface area contributed by atoms with Crippen LogP contribution in [0.5, 0.6) is 0 Å². The van der Waals surface area contributed by atoms with E-state index in [0.29, 0.717) is 36.3 Å². The van der Waals surface area contributed by atoms with E-state index in [0.717, 1.165) is 78.5 Å². The molecule has 12 nitrogen and oxygen atoms in total. The summed E-state index contributed by atoms with van der Waals surface area (Å²) in [5, 5.41) is 0. The van der Waals surface area contributed by atoms with Gasteiger partial charge in [-0.1, -0.05) is 26.3 Å². The van der Waals surface area contributed by atoms with Crippen LogP contribution in [0, 0.1) is 0 Å². The van der Waals surface area contributed by atoms with Gasteiger partial charge in [-0.15, -0.1) is 0 Å². The monoisotopic (exact) mass is 785 g/mol. The molecule has 4 heterocycles. The van der Waals surface area contributed by atoms with Crippen molar-refractivity contribution < 1.29 is 19.2 Å². The number of amides is 4. The summed E-state index contributed by atoms with van der Waals surface area (Å²) in [5.41, 5.74) is 0. The quantitative estimate of drug-likeness (QED) is 0.334. The van der Waals surface area contributed by atoms with E-state index in [2.05, 4.69) is 129 Å². The van der Waals surface area contributed by atoms with Crippen LogP contribution in [0.4, 0.5) is 0 Å². The molecule has 0 saturated carbocycles. The molecule has 320 valence electrons. The van der Waals surface area contributed by atoms with Gasteiger partial charge in [0.15, 0.2) is 0 Å². The molecular weight excluding hydrogens is 705 g/mol. The third-order valence-electron chi connectivity index (χ3n) is 11.3. The maximum Gasteiger partial charge on any atom is 0.246 e. The zero-order valence-corrected chi connectivity index (χ0v) is 37.5. The molecule has 0 aromatic heterocycles. The van der Waals surface area contributed by atoms with E-state index in [1.807, 2.05) is 19.6 Å². The van der Waals surface area contributed by atoms with Gasteiger partial charge in [0.25, 0.3) is 0 Å². The second-order valence-corrected chi connectivity index (χ2v) is 16.7. The number of hydrogen-bond acceptors (Lipinski definition) is 8. The summed E-state index contributed by atoms with van der Waals surface area (Å²) in [6.45, 7) is 51.0. The van der Waals surface area contributed by atoms with Gasteiger partial charge >= 0.3 is 0 Å². The summed E-state index contributed by atoms with van der Waals surface area (Å²) in [5.74, 6) is 0.225. The van der Waals surface area contributed by atoms with Crippen LogP contribution in [0.1, 0.15) is 83.1 Å². The van der Waals surface area contributed by atoms with Crippen LogP contribution in [-0.2, 0) is 19.2 Å². The molecule has 0 aromatic carbocycles. The highest BCUT2D eigenvalue weighted by molar-refractivity contribution is 5.88. The molecule has 0 radical (unpaired) electrons. The maximum atomic E-state index is 11.7. The average Bonchev–Trinajstić information content (AvgIpc) is 3.16. The Bertz CT molecular complexity index is 1270. The highest BCUT2D eigenvalue weighted by atomic mass is 16.2. The van der Waals surface area contributed by atoms with Crippen LogP contribution in [0.25, 0.3) is 0 Å². The molecule has 0 bridgehead atoms.